The minimum absolute atomic E-state index is 0.00655. The second-order valence-electron chi connectivity index (χ2n) is 4.84. The fraction of sp³-hybridized carbons (Fsp3) is 0.538. The summed E-state index contributed by atoms with van der Waals surface area (Å²) >= 11 is 0. The molecule has 106 valence electrons. The largest absolute Gasteiger partial charge is 0.361 e. The molecule has 1 fully saturated rings. The second kappa shape index (κ2) is 5.36. The number of benzene rings is 1. The number of hydrogen-bond acceptors (Lipinski definition) is 2. The molecule has 2 rings (SSSR count). The van der Waals surface area contributed by atoms with Crippen LogP contribution in [0.25, 0.3) is 0 Å². The topological polar surface area (TPSA) is 15.3 Å². The van der Waals surface area contributed by atoms with Crippen molar-refractivity contribution in [1.29, 1.82) is 0 Å². The number of piperazine rings is 1. The van der Waals surface area contributed by atoms with Gasteiger partial charge in [0.2, 0.25) is 0 Å². The fourth-order valence-corrected chi connectivity index (χ4v) is 2.41. The van der Waals surface area contributed by atoms with Crippen LogP contribution in [0.2, 0.25) is 0 Å². The van der Waals surface area contributed by atoms with Gasteiger partial charge in [0.15, 0.2) is 23.3 Å². The van der Waals surface area contributed by atoms with Crippen molar-refractivity contribution in [2.45, 2.75) is 32.4 Å². The van der Waals surface area contributed by atoms with E-state index in [1.54, 1.807) is 0 Å². The lowest BCUT2D eigenvalue weighted by atomic mass is 10.1. The van der Waals surface area contributed by atoms with Crippen LogP contribution in [-0.2, 0) is 0 Å². The lowest BCUT2D eigenvalue weighted by molar-refractivity contribution is 0.382. The molecular weight excluding hydrogens is 260 g/mol. The van der Waals surface area contributed by atoms with E-state index in [4.69, 9.17) is 0 Å². The van der Waals surface area contributed by atoms with Crippen LogP contribution < -0.4 is 10.2 Å². The van der Waals surface area contributed by atoms with Crippen molar-refractivity contribution in [3.8, 4) is 0 Å². The maximum absolute atomic E-state index is 13.8. The zero-order chi connectivity index (χ0) is 14.2. The summed E-state index contributed by atoms with van der Waals surface area (Å²) in [5.41, 5.74) is -0.599. The molecule has 2 unspecified atom stereocenters. The van der Waals surface area contributed by atoms with E-state index in [1.165, 1.54) is 4.90 Å². The third-order valence-electron chi connectivity index (χ3n) is 3.46. The average molecular weight is 276 g/mol. The minimum Gasteiger partial charge on any atom is -0.361 e. The predicted molar refractivity (Wildman–Crippen MR) is 65.2 cm³/mol. The zero-order valence-electron chi connectivity index (χ0n) is 10.8. The highest BCUT2D eigenvalue weighted by Gasteiger charge is 2.31. The second-order valence-corrected chi connectivity index (χ2v) is 4.84. The lowest BCUT2D eigenvalue weighted by Crippen LogP contribution is -2.56. The Bertz CT molecular complexity index is 452. The van der Waals surface area contributed by atoms with Crippen LogP contribution in [0, 0.1) is 23.3 Å². The van der Waals surface area contributed by atoms with Gasteiger partial charge in [0, 0.05) is 31.2 Å². The Labute approximate surface area is 109 Å². The molecule has 0 bridgehead atoms. The van der Waals surface area contributed by atoms with Gasteiger partial charge in [0.25, 0.3) is 0 Å². The SMILES string of the molecule is CCC1CNC(C)CN1c1c(F)c(F)cc(F)c1F. The van der Waals surface area contributed by atoms with Crippen molar-refractivity contribution in [3.63, 3.8) is 0 Å². The molecule has 1 aliphatic rings. The Hall–Kier alpha value is -1.30. The van der Waals surface area contributed by atoms with E-state index >= 15 is 0 Å². The molecule has 1 saturated heterocycles. The Kier molecular flexibility index (Phi) is 3.99. The van der Waals surface area contributed by atoms with E-state index in [-0.39, 0.29) is 18.2 Å². The van der Waals surface area contributed by atoms with Gasteiger partial charge >= 0.3 is 0 Å². The zero-order valence-corrected chi connectivity index (χ0v) is 10.8. The molecule has 0 radical (unpaired) electrons. The van der Waals surface area contributed by atoms with Crippen molar-refractivity contribution >= 4 is 5.69 Å². The van der Waals surface area contributed by atoms with Gasteiger partial charge in [-0.2, -0.15) is 0 Å². The highest BCUT2D eigenvalue weighted by atomic mass is 19.2. The first-order valence-corrected chi connectivity index (χ1v) is 6.28. The van der Waals surface area contributed by atoms with Gasteiger partial charge in [0.1, 0.15) is 5.69 Å². The van der Waals surface area contributed by atoms with Gasteiger partial charge in [-0.05, 0) is 13.3 Å². The predicted octanol–water partition coefficient (Wildman–Crippen LogP) is 2.82. The Morgan fingerprint density at radius 1 is 1.21 bits per heavy atom. The van der Waals surface area contributed by atoms with Crippen LogP contribution in [0.4, 0.5) is 23.2 Å². The van der Waals surface area contributed by atoms with Gasteiger partial charge in [-0.15, -0.1) is 0 Å². The molecular formula is C13H16F4N2. The molecule has 0 saturated carbocycles. The molecule has 2 atom stereocenters. The summed E-state index contributed by atoms with van der Waals surface area (Å²) in [5.74, 6) is -5.39. The van der Waals surface area contributed by atoms with Gasteiger partial charge < -0.3 is 10.2 Å². The molecule has 2 nitrogen and oxygen atoms in total. The highest BCUT2D eigenvalue weighted by molar-refractivity contribution is 5.52. The molecule has 0 amide bonds. The summed E-state index contributed by atoms with van der Waals surface area (Å²) in [6.07, 6.45) is 0.622. The van der Waals surface area contributed by atoms with Gasteiger partial charge in [-0.1, -0.05) is 6.92 Å². The number of nitrogens with zero attached hydrogens (tertiary/aromatic N) is 1. The number of anilines is 1. The number of halogens is 4. The van der Waals surface area contributed by atoms with Gasteiger partial charge in [0.05, 0.1) is 0 Å². The Morgan fingerprint density at radius 3 is 2.32 bits per heavy atom. The maximum atomic E-state index is 13.8. The van der Waals surface area contributed by atoms with Gasteiger partial charge in [-0.25, -0.2) is 17.6 Å². The summed E-state index contributed by atoms with van der Waals surface area (Å²) in [6.45, 7) is 4.54. The van der Waals surface area contributed by atoms with Crippen LogP contribution in [0.5, 0.6) is 0 Å². The minimum atomic E-state index is -1.37. The van der Waals surface area contributed by atoms with Crippen molar-refractivity contribution in [2.75, 3.05) is 18.0 Å². The molecule has 0 aromatic heterocycles. The lowest BCUT2D eigenvalue weighted by Gasteiger charge is -2.40. The summed E-state index contributed by atoms with van der Waals surface area (Å²) in [6, 6.07) is 0.0372. The Balaban J connectivity index is 2.49. The normalized spacial score (nSPS) is 23.8. The number of rotatable bonds is 2. The quantitative estimate of drug-likeness (QED) is 0.660. The van der Waals surface area contributed by atoms with Gasteiger partial charge in [-0.3, -0.25) is 0 Å². The molecule has 6 heteroatoms. The van der Waals surface area contributed by atoms with Crippen LogP contribution in [0.3, 0.4) is 0 Å². The molecule has 0 spiro atoms. The highest BCUT2D eigenvalue weighted by Crippen LogP contribution is 2.31. The van der Waals surface area contributed by atoms with E-state index in [1.807, 2.05) is 13.8 Å². The van der Waals surface area contributed by atoms with E-state index in [0.717, 1.165) is 0 Å². The van der Waals surface area contributed by atoms with Crippen molar-refractivity contribution in [2.24, 2.45) is 0 Å². The third kappa shape index (κ3) is 2.54. The average Bonchev–Trinajstić information content (AvgIpc) is 2.37. The first-order valence-electron chi connectivity index (χ1n) is 6.28. The molecule has 1 heterocycles. The smallest absolute Gasteiger partial charge is 0.185 e. The fourth-order valence-electron chi connectivity index (χ4n) is 2.41. The standard InChI is InChI=1S/C13H16F4N2/c1-3-8-5-18-7(2)6-19(8)13-11(16)9(14)4-10(15)12(13)17/h4,7-8,18H,3,5-6H2,1-2H3. The molecule has 1 aliphatic heterocycles. The van der Waals surface area contributed by atoms with E-state index in [2.05, 4.69) is 5.32 Å². The van der Waals surface area contributed by atoms with E-state index in [9.17, 15) is 17.6 Å². The third-order valence-corrected chi connectivity index (χ3v) is 3.46. The summed E-state index contributed by atoms with van der Waals surface area (Å²) in [7, 11) is 0. The van der Waals surface area contributed by atoms with Crippen LogP contribution >= 0.6 is 0 Å². The molecule has 1 aromatic carbocycles. The van der Waals surface area contributed by atoms with Crippen molar-refractivity contribution in [1.82, 2.24) is 5.32 Å². The summed E-state index contributed by atoms with van der Waals surface area (Å²) in [5, 5.41) is 3.18. The Morgan fingerprint density at radius 2 is 1.79 bits per heavy atom. The van der Waals surface area contributed by atoms with Crippen molar-refractivity contribution in [3.05, 3.63) is 29.3 Å². The maximum Gasteiger partial charge on any atom is 0.185 e. The van der Waals surface area contributed by atoms with E-state index in [0.29, 0.717) is 19.5 Å². The summed E-state index contributed by atoms with van der Waals surface area (Å²) in [4.78, 5) is 1.41. The first-order chi connectivity index (χ1) is 8.95. The van der Waals surface area contributed by atoms with Crippen LogP contribution in [0.1, 0.15) is 20.3 Å². The summed E-state index contributed by atoms with van der Waals surface area (Å²) < 4.78 is 54.2. The number of hydrogen-bond donors (Lipinski definition) is 1. The van der Waals surface area contributed by atoms with Crippen LogP contribution in [0.15, 0.2) is 6.07 Å². The van der Waals surface area contributed by atoms with Crippen molar-refractivity contribution < 1.29 is 17.6 Å². The molecule has 1 N–H and O–H groups in total. The van der Waals surface area contributed by atoms with Crippen LogP contribution in [-0.4, -0.2) is 25.2 Å². The number of nitrogens with one attached hydrogen (secondary N) is 1. The van der Waals surface area contributed by atoms with E-state index < -0.39 is 29.0 Å². The first kappa shape index (κ1) is 14.1. The molecule has 0 aliphatic carbocycles. The molecule has 19 heavy (non-hydrogen) atoms. The monoisotopic (exact) mass is 276 g/mol. The molecule has 1 aromatic rings.